The van der Waals surface area contributed by atoms with Crippen molar-refractivity contribution in [2.75, 3.05) is 26.2 Å². The van der Waals surface area contributed by atoms with Gasteiger partial charge >= 0.3 is 0 Å². The van der Waals surface area contributed by atoms with Crippen LogP contribution in [0.15, 0.2) is 48.5 Å². The molecule has 6 heteroatoms. The van der Waals surface area contributed by atoms with E-state index in [0.717, 1.165) is 49.5 Å². The van der Waals surface area contributed by atoms with E-state index >= 15 is 0 Å². The van der Waals surface area contributed by atoms with Gasteiger partial charge in [-0.05, 0) is 48.4 Å². The number of hydrogen-bond acceptors (Lipinski definition) is 3. The second kappa shape index (κ2) is 10.4. The fraction of sp³-hybridized carbons (Fsp3) is 0.350. The fourth-order valence-electron chi connectivity index (χ4n) is 2.87. The highest BCUT2D eigenvalue weighted by Gasteiger charge is 2.15. The van der Waals surface area contributed by atoms with Gasteiger partial charge < -0.3 is 15.0 Å². The first-order valence-electron chi connectivity index (χ1n) is 8.65. The molecule has 0 aliphatic carbocycles. The summed E-state index contributed by atoms with van der Waals surface area (Å²) in [4.78, 5) is 14.4. The van der Waals surface area contributed by atoms with Crippen LogP contribution in [-0.2, 0) is 17.8 Å². The van der Waals surface area contributed by atoms with Crippen molar-refractivity contribution in [3.63, 3.8) is 0 Å². The van der Waals surface area contributed by atoms with Gasteiger partial charge in [-0.1, -0.05) is 35.9 Å². The summed E-state index contributed by atoms with van der Waals surface area (Å²) in [5.74, 6) is 0.955. The Balaban J connectivity index is 0.00000243. The van der Waals surface area contributed by atoms with E-state index in [1.807, 2.05) is 53.4 Å². The number of ether oxygens (including phenoxy) is 1. The summed E-state index contributed by atoms with van der Waals surface area (Å²) in [6.45, 7) is 3.95. The molecule has 1 heterocycles. The predicted molar refractivity (Wildman–Crippen MR) is 107 cm³/mol. The molecule has 0 atom stereocenters. The molecule has 0 saturated carbocycles. The normalized spacial score (nSPS) is 14.3. The van der Waals surface area contributed by atoms with Crippen LogP contribution in [0.4, 0.5) is 0 Å². The van der Waals surface area contributed by atoms with E-state index in [4.69, 9.17) is 16.3 Å². The number of benzene rings is 2. The number of carbonyl (C=O) groups excluding carboxylic acids is 1. The lowest BCUT2D eigenvalue weighted by Crippen LogP contribution is -2.35. The summed E-state index contributed by atoms with van der Waals surface area (Å²) < 4.78 is 5.84. The third kappa shape index (κ3) is 6.20. The Kier molecular flexibility index (Phi) is 8.23. The van der Waals surface area contributed by atoms with Crippen LogP contribution in [0.25, 0.3) is 0 Å². The smallest absolute Gasteiger partial charge is 0.227 e. The third-order valence-corrected chi connectivity index (χ3v) is 4.52. The van der Waals surface area contributed by atoms with Gasteiger partial charge in [-0.25, -0.2) is 0 Å². The molecular weight excluding hydrogens is 371 g/mol. The van der Waals surface area contributed by atoms with Crippen molar-refractivity contribution in [2.45, 2.75) is 19.4 Å². The van der Waals surface area contributed by atoms with Gasteiger partial charge in [0.2, 0.25) is 5.91 Å². The third-order valence-electron chi connectivity index (χ3n) is 4.27. The van der Waals surface area contributed by atoms with Gasteiger partial charge in [-0.15, -0.1) is 12.4 Å². The highest BCUT2D eigenvalue weighted by atomic mass is 35.5. The molecule has 26 heavy (non-hydrogen) atoms. The van der Waals surface area contributed by atoms with Crippen LogP contribution in [0.2, 0.25) is 5.02 Å². The molecular formula is C20H24Cl2N2O2. The molecule has 0 unspecified atom stereocenters. The van der Waals surface area contributed by atoms with Crippen LogP contribution in [0.5, 0.6) is 5.75 Å². The molecule has 1 N–H and O–H groups in total. The zero-order valence-corrected chi connectivity index (χ0v) is 16.2. The van der Waals surface area contributed by atoms with E-state index < -0.39 is 0 Å². The van der Waals surface area contributed by atoms with Crippen LogP contribution in [0, 0.1) is 0 Å². The van der Waals surface area contributed by atoms with Crippen molar-refractivity contribution in [1.82, 2.24) is 10.2 Å². The Morgan fingerprint density at radius 2 is 1.88 bits per heavy atom. The second-order valence-electron chi connectivity index (χ2n) is 6.22. The van der Waals surface area contributed by atoms with Crippen molar-refractivity contribution in [3.8, 4) is 5.75 Å². The number of hydrogen-bond donors (Lipinski definition) is 1. The number of rotatable bonds is 5. The Morgan fingerprint density at radius 3 is 2.69 bits per heavy atom. The molecule has 0 bridgehead atoms. The molecule has 0 spiro atoms. The molecule has 0 aromatic heterocycles. The van der Waals surface area contributed by atoms with Gasteiger partial charge in [0.25, 0.3) is 0 Å². The van der Waals surface area contributed by atoms with Crippen molar-refractivity contribution in [1.29, 1.82) is 0 Å². The molecule has 4 nitrogen and oxygen atoms in total. The zero-order chi connectivity index (χ0) is 17.5. The zero-order valence-electron chi connectivity index (χ0n) is 14.6. The summed E-state index contributed by atoms with van der Waals surface area (Å²) in [6, 6.07) is 15.4. The molecule has 140 valence electrons. The monoisotopic (exact) mass is 394 g/mol. The number of nitrogens with zero attached hydrogens (tertiary/aromatic N) is 1. The van der Waals surface area contributed by atoms with Crippen molar-refractivity contribution in [3.05, 3.63) is 64.7 Å². The van der Waals surface area contributed by atoms with Crippen LogP contribution in [0.3, 0.4) is 0 Å². The van der Waals surface area contributed by atoms with Gasteiger partial charge in [0.15, 0.2) is 0 Å². The van der Waals surface area contributed by atoms with Gasteiger partial charge in [-0.2, -0.15) is 0 Å². The molecule has 1 amide bonds. The van der Waals surface area contributed by atoms with Crippen LogP contribution >= 0.6 is 24.0 Å². The number of carbonyl (C=O) groups is 1. The van der Waals surface area contributed by atoms with Crippen molar-refractivity contribution in [2.24, 2.45) is 0 Å². The van der Waals surface area contributed by atoms with E-state index in [-0.39, 0.29) is 18.3 Å². The minimum atomic E-state index is 0. The van der Waals surface area contributed by atoms with E-state index in [9.17, 15) is 4.79 Å². The molecule has 1 aliphatic heterocycles. The predicted octanol–water partition coefficient (Wildman–Crippen LogP) is 3.71. The van der Waals surface area contributed by atoms with Crippen LogP contribution < -0.4 is 10.1 Å². The van der Waals surface area contributed by atoms with Crippen molar-refractivity contribution >= 4 is 29.9 Å². The van der Waals surface area contributed by atoms with E-state index in [1.165, 1.54) is 0 Å². The van der Waals surface area contributed by atoms with Gasteiger partial charge in [0, 0.05) is 24.7 Å². The van der Waals surface area contributed by atoms with Crippen LogP contribution in [-0.4, -0.2) is 37.0 Å². The maximum atomic E-state index is 12.5. The Morgan fingerprint density at radius 1 is 1.08 bits per heavy atom. The molecule has 3 rings (SSSR count). The summed E-state index contributed by atoms with van der Waals surface area (Å²) in [7, 11) is 0. The van der Waals surface area contributed by atoms with Crippen molar-refractivity contribution < 1.29 is 9.53 Å². The maximum Gasteiger partial charge on any atom is 0.227 e. The summed E-state index contributed by atoms with van der Waals surface area (Å²) in [6.07, 6.45) is 1.42. The molecule has 0 radical (unpaired) electrons. The summed E-state index contributed by atoms with van der Waals surface area (Å²) in [5, 5.41) is 4.03. The quantitative estimate of drug-likeness (QED) is 0.840. The number of halogens is 2. The van der Waals surface area contributed by atoms with E-state index in [0.29, 0.717) is 18.1 Å². The Hall–Kier alpha value is -1.75. The molecule has 2 aromatic rings. The first-order chi connectivity index (χ1) is 12.2. The largest absolute Gasteiger partial charge is 0.489 e. The van der Waals surface area contributed by atoms with Gasteiger partial charge in [0.1, 0.15) is 12.4 Å². The molecule has 1 aliphatic rings. The average molecular weight is 395 g/mol. The lowest BCUT2D eigenvalue weighted by atomic mass is 10.1. The minimum Gasteiger partial charge on any atom is -0.489 e. The van der Waals surface area contributed by atoms with Gasteiger partial charge in [-0.3, -0.25) is 4.79 Å². The van der Waals surface area contributed by atoms with Crippen LogP contribution in [0.1, 0.15) is 17.5 Å². The van der Waals surface area contributed by atoms with E-state index in [2.05, 4.69) is 5.32 Å². The molecule has 1 saturated heterocycles. The first kappa shape index (κ1) is 20.6. The summed E-state index contributed by atoms with van der Waals surface area (Å²) >= 11 is 5.89. The summed E-state index contributed by atoms with van der Waals surface area (Å²) in [5.41, 5.74) is 2.04. The first-order valence-corrected chi connectivity index (χ1v) is 9.03. The molecule has 1 fully saturated rings. The topological polar surface area (TPSA) is 41.6 Å². The number of amides is 1. The lowest BCUT2D eigenvalue weighted by molar-refractivity contribution is -0.130. The Bertz CT molecular complexity index is 699. The maximum absolute atomic E-state index is 12.5. The second-order valence-corrected chi connectivity index (χ2v) is 6.66. The highest BCUT2D eigenvalue weighted by molar-refractivity contribution is 6.30. The number of nitrogens with one attached hydrogen (secondary N) is 1. The highest BCUT2D eigenvalue weighted by Crippen LogP contribution is 2.17. The Labute approximate surface area is 165 Å². The minimum absolute atomic E-state index is 0. The fourth-order valence-corrected chi connectivity index (χ4v) is 3.00. The SMILES string of the molecule is Cl.O=C(Cc1cccc(OCc2ccc(Cl)cc2)c1)N1CCCNCC1. The molecule has 2 aromatic carbocycles. The standard InChI is InChI=1S/C20H23ClN2O2.ClH/c21-18-7-5-16(6-8-18)15-25-19-4-1-3-17(13-19)14-20(24)23-11-2-9-22-10-12-23;/h1,3-8,13,22H,2,9-12,14-15H2;1H. The average Bonchev–Trinajstić information content (AvgIpc) is 2.91. The van der Waals surface area contributed by atoms with E-state index in [1.54, 1.807) is 0 Å². The van der Waals surface area contributed by atoms with Gasteiger partial charge in [0.05, 0.1) is 6.42 Å². The lowest BCUT2D eigenvalue weighted by Gasteiger charge is -2.20.